The Morgan fingerprint density at radius 3 is 2.25 bits per heavy atom. The lowest BCUT2D eigenvalue weighted by Crippen LogP contribution is -1.80. The van der Waals surface area contributed by atoms with Gasteiger partial charge >= 0.3 is 8.69 Å². The molecule has 1 aromatic rings. The van der Waals surface area contributed by atoms with Crippen LogP contribution in [0.5, 0.6) is 0 Å². The Bertz CT molecular complexity index is 203. The van der Waals surface area contributed by atoms with Crippen molar-refractivity contribution in [3.05, 3.63) is 35.9 Å². The first-order chi connectivity index (χ1) is 5.85. The molecule has 1 aromatic carbocycles. The Balaban J connectivity index is 0.000000354. The van der Waals surface area contributed by atoms with Crippen LogP contribution in [0.3, 0.4) is 0 Å². The van der Waals surface area contributed by atoms with E-state index in [1.807, 2.05) is 0 Å². The first-order valence-corrected chi connectivity index (χ1v) is 6.03. The van der Waals surface area contributed by atoms with Crippen LogP contribution in [0.1, 0.15) is 5.56 Å². The number of hydrogen-bond donors (Lipinski definition) is 1. The van der Waals surface area contributed by atoms with E-state index in [0.717, 1.165) is 0 Å². The Morgan fingerprint density at radius 2 is 1.83 bits per heavy atom. The van der Waals surface area contributed by atoms with Crippen molar-refractivity contribution in [3.8, 4) is 0 Å². The molecule has 0 spiro atoms. The molecule has 4 heteroatoms. The van der Waals surface area contributed by atoms with Gasteiger partial charge in [0.15, 0.2) is 0 Å². The normalized spacial score (nSPS) is 8.75. The lowest BCUT2D eigenvalue weighted by atomic mass is 10.2. The summed E-state index contributed by atoms with van der Waals surface area (Å²) in [4.78, 5) is 6.99. The van der Waals surface area contributed by atoms with Gasteiger partial charge in [0.25, 0.3) is 0 Å². The smallest absolute Gasteiger partial charge is 0.310 e. The van der Waals surface area contributed by atoms with Gasteiger partial charge in [-0.3, -0.25) is 0 Å². The van der Waals surface area contributed by atoms with E-state index in [4.69, 9.17) is 9.46 Å². The van der Waals surface area contributed by atoms with Crippen LogP contribution >= 0.6 is 8.69 Å². The number of rotatable bonds is 2. The molecule has 0 saturated carbocycles. The Hall–Kier alpha value is -0.188. The van der Waals surface area contributed by atoms with Crippen LogP contribution in [0.25, 0.3) is 0 Å². The van der Waals surface area contributed by atoms with Gasteiger partial charge in [-0.1, -0.05) is 35.6 Å². The van der Waals surface area contributed by atoms with Gasteiger partial charge in [-0.2, -0.15) is 0 Å². The highest BCUT2D eigenvalue weighted by atomic mass is 31.1. The van der Waals surface area contributed by atoms with Crippen LogP contribution in [0.15, 0.2) is 30.3 Å². The summed E-state index contributed by atoms with van der Waals surface area (Å²) in [6.07, 6.45) is 1.27. The minimum atomic E-state index is -0.833. The fourth-order valence-corrected chi connectivity index (χ4v) is 1.51. The van der Waals surface area contributed by atoms with Crippen molar-refractivity contribution in [1.82, 2.24) is 0 Å². The van der Waals surface area contributed by atoms with Crippen LogP contribution in [0.2, 0.25) is 5.28 Å². The molecule has 1 N–H and O–H groups in total. The van der Waals surface area contributed by atoms with E-state index in [2.05, 4.69) is 30.3 Å². The van der Waals surface area contributed by atoms with Gasteiger partial charge in [-0.05, 0) is 12.0 Å². The lowest BCUT2D eigenvalue weighted by Gasteiger charge is -1.93. The van der Waals surface area contributed by atoms with E-state index in [-0.39, 0.29) is 0 Å². The molecular formula is C8H12AlO2P. The topological polar surface area (TPSA) is 37.3 Å². The van der Waals surface area contributed by atoms with Crippen molar-refractivity contribution in [2.24, 2.45) is 0 Å². The van der Waals surface area contributed by atoms with Crippen molar-refractivity contribution in [2.45, 2.75) is 11.7 Å². The highest BCUT2D eigenvalue weighted by Gasteiger charge is 1.84. The lowest BCUT2D eigenvalue weighted by molar-refractivity contribution is 0.524. The maximum atomic E-state index is 8.46. The minimum absolute atomic E-state index is 0.833. The third-order valence-electron chi connectivity index (χ3n) is 1.38. The molecule has 0 radical (unpaired) electrons. The molecule has 0 heterocycles. The third-order valence-corrected chi connectivity index (χ3v) is 1.88. The van der Waals surface area contributed by atoms with Crippen LogP contribution < -0.4 is 0 Å². The van der Waals surface area contributed by atoms with Crippen molar-refractivity contribution in [2.75, 3.05) is 0 Å². The molecule has 0 saturated heterocycles. The van der Waals surface area contributed by atoms with E-state index in [0.29, 0.717) is 0 Å². The highest BCUT2D eigenvalue weighted by molar-refractivity contribution is 7.16. The molecular weight excluding hydrogens is 186 g/mol. The summed E-state index contributed by atoms with van der Waals surface area (Å²) in [5.74, 6) is 0. The highest BCUT2D eigenvalue weighted by Crippen LogP contribution is 1.99. The monoisotopic (exact) mass is 198 g/mol. The second kappa shape index (κ2) is 8.90. The van der Waals surface area contributed by atoms with Crippen LogP contribution in [0, 0.1) is 0 Å². The van der Waals surface area contributed by atoms with E-state index < -0.39 is 8.69 Å². The van der Waals surface area contributed by atoms with Crippen molar-refractivity contribution >= 4 is 25.0 Å². The van der Waals surface area contributed by atoms with Crippen molar-refractivity contribution < 1.29 is 9.46 Å². The third kappa shape index (κ3) is 6.52. The summed E-state index contributed by atoms with van der Waals surface area (Å²) in [5.41, 5.74) is 1.48. The van der Waals surface area contributed by atoms with E-state index in [1.54, 1.807) is 0 Å². The fraction of sp³-hybridized carbons (Fsp3) is 0.250. The van der Waals surface area contributed by atoms with Crippen LogP contribution in [0.4, 0.5) is 0 Å². The van der Waals surface area contributed by atoms with E-state index >= 15 is 0 Å². The van der Waals surface area contributed by atoms with Gasteiger partial charge < -0.3 is 4.89 Å². The van der Waals surface area contributed by atoms with Gasteiger partial charge in [0, 0.05) is 0 Å². The maximum Gasteiger partial charge on any atom is 0.324 e. The average molecular weight is 198 g/mol. The second-order valence-corrected chi connectivity index (χ2v) is 3.48. The summed E-state index contributed by atoms with van der Waals surface area (Å²) in [6, 6.07) is 10.7. The summed E-state index contributed by atoms with van der Waals surface area (Å²) in [6.45, 7) is 0. The molecule has 12 heavy (non-hydrogen) atoms. The molecule has 0 aliphatic heterocycles. The van der Waals surface area contributed by atoms with E-state index in [1.165, 1.54) is 33.6 Å². The Morgan fingerprint density at radius 1 is 1.33 bits per heavy atom. The molecule has 0 bridgehead atoms. The largest absolute Gasteiger partial charge is 0.324 e. The number of hydrogen-bond acceptors (Lipinski definition) is 1. The summed E-state index contributed by atoms with van der Waals surface area (Å²) in [5, 5.41) is 1.38. The predicted octanol–water partition coefficient (Wildman–Crippen LogP) is 1.47. The molecule has 0 aliphatic carbocycles. The zero-order valence-corrected chi connectivity index (χ0v) is 10.00. The first-order valence-electron chi connectivity index (χ1n) is 3.85. The van der Waals surface area contributed by atoms with E-state index in [9.17, 15) is 0 Å². The summed E-state index contributed by atoms with van der Waals surface area (Å²) < 4.78 is 8.46. The van der Waals surface area contributed by atoms with Crippen molar-refractivity contribution in [3.63, 3.8) is 0 Å². The molecule has 0 aromatic heterocycles. The predicted molar refractivity (Wildman–Crippen MR) is 53.3 cm³/mol. The van der Waals surface area contributed by atoms with Gasteiger partial charge in [0.05, 0.1) is 0 Å². The van der Waals surface area contributed by atoms with Crippen molar-refractivity contribution in [1.29, 1.82) is 0 Å². The molecule has 0 unspecified atom stereocenters. The average Bonchev–Trinajstić information content (AvgIpc) is 2.08. The Kier molecular flexibility index (Phi) is 8.77. The maximum absolute atomic E-state index is 8.46. The Labute approximate surface area is 82.3 Å². The van der Waals surface area contributed by atoms with Gasteiger partial charge in [0.2, 0.25) is 16.3 Å². The van der Waals surface area contributed by atoms with Crippen LogP contribution in [-0.2, 0) is 11.0 Å². The minimum Gasteiger partial charge on any atom is -0.310 e. The first kappa shape index (κ1) is 11.8. The van der Waals surface area contributed by atoms with Gasteiger partial charge in [-0.25, -0.2) is 4.57 Å². The zero-order chi connectivity index (χ0) is 9.23. The van der Waals surface area contributed by atoms with Crippen LogP contribution in [-0.4, -0.2) is 21.2 Å². The zero-order valence-electron chi connectivity index (χ0n) is 7.10. The van der Waals surface area contributed by atoms with Gasteiger partial charge in [0.1, 0.15) is 0 Å². The molecule has 2 nitrogen and oxygen atoms in total. The summed E-state index contributed by atoms with van der Waals surface area (Å²) in [7, 11) is -0.833. The molecule has 64 valence electrons. The van der Waals surface area contributed by atoms with Gasteiger partial charge in [-0.15, -0.1) is 0 Å². The molecule has 0 atom stereocenters. The number of benzene rings is 1. The molecule has 0 amide bonds. The SMILES string of the molecule is O=PO.[AlH2][CH2]Cc1ccccc1. The fourth-order valence-electron chi connectivity index (χ4n) is 0.933. The molecule has 1 rings (SSSR count). The quantitative estimate of drug-likeness (QED) is 0.577. The summed E-state index contributed by atoms with van der Waals surface area (Å²) >= 11 is 1.32. The number of aryl methyl sites for hydroxylation is 1. The molecule has 0 fully saturated rings. The second-order valence-electron chi connectivity index (χ2n) is 2.32. The standard InChI is InChI=1S/C8H9.Al.HO2P.2H/c1-2-8-6-4-3-5-7-8;;1-3-2;;/h3-7H,1-2H2;;(H,1,2);;. The molecule has 0 aliphatic rings.